The Kier molecular flexibility index (Phi) is 4.22. The number of ether oxygens (including phenoxy) is 1. The molecule has 1 unspecified atom stereocenters. The molecule has 0 aliphatic heterocycles. The number of rotatable bonds is 5. The van der Waals surface area contributed by atoms with Gasteiger partial charge in [0.2, 0.25) is 5.91 Å². The van der Waals surface area contributed by atoms with Crippen molar-refractivity contribution in [2.24, 2.45) is 0 Å². The Labute approximate surface area is 98.2 Å². The molecule has 3 N–H and O–H groups in total. The zero-order chi connectivity index (χ0) is 13.0. The van der Waals surface area contributed by atoms with Crippen LogP contribution in [0.4, 0.5) is 0 Å². The summed E-state index contributed by atoms with van der Waals surface area (Å²) in [5, 5.41) is 18.1. The van der Waals surface area contributed by atoms with E-state index < -0.39 is 17.9 Å². The van der Waals surface area contributed by atoms with E-state index in [0.717, 1.165) is 0 Å². The summed E-state index contributed by atoms with van der Waals surface area (Å²) in [7, 11) is 1.36. The van der Waals surface area contributed by atoms with Gasteiger partial charge in [-0.15, -0.1) is 0 Å². The second-order valence-electron chi connectivity index (χ2n) is 3.62. The molecule has 0 bridgehead atoms. The van der Waals surface area contributed by atoms with Crippen LogP contribution in [0.5, 0.6) is 0 Å². The summed E-state index contributed by atoms with van der Waals surface area (Å²) < 4.78 is 4.63. The number of aryl methyl sites for hydroxylation is 2. The van der Waals surface area contributed by atoms with E-state index in [1.807, 2.05) is 0 Å². The van der Waals surface area contributed by atoms with Gasteiger partial charge >= 0.3 is 5.97 Å². The smallest absolute Gasteiger partial charge is 0.331 e. The summed E-state index contributed by atoms with van der Waals surface area (Å²) in [5.74, 6) is -1.62. The molecule has 7 heteroatoms. The standard InChI is InChI=1S/C10H15N3O4/c1-5-8(6(2)13-12-5)9(10(15)16)11-7(14)4-17-3/h9H,4H2,1-3H3,(H,11,14)(H,12,13)(H,15,16). The third-order valence-corrected chi connectivity index (χ3v) is 2.30. The first kappa shape index (κ1) is 13.2. The lowest BCUT2D eigenvalue weighted by Crippen LogP contribution is -2.36. The number of carboxylic acid groups (broad SMARTS) is 1. The molecule has 1 heterocycles. The van der Waals surface area contributed by atoms with Gasteiger partial charge in [-0.25, -0.2) is 4.79 Å². The van der Waals surface area contributed by atoms with E-state index >= 15 is 0 Å². The van der Waals surface area contributed by atoms with Gasteiger partial charge in [0.25, 0.3) is 0 Å². The number of carboxylic acids is 1. The maximum atomic E-state index is 11.3. The maximum absolute atomic E-state index is 11.3. The molecule has 0 aromatic carbocycles. The molecule has 0 saturated carbocycles. The van der Waals surface area contributed by atoms with Gasteiger partial charge in [0, 0.05) is 18.4 Å². The van der Waals surface area contributed by atoms with E-state index in [1.165, 1.54) is 7.11 Å². The Morgan fingerprint density at radius 2 is 2.18 bits per heavy atom. The monoisotopic (exact) mass is 241 g/mol. The van der Waals surface area contributed by atoms with Crippen molar-refractivity contribution in [3.05, 3.63) is 17.0 Å². The van der Waals surface area contributed by atoms with Gasteiger partial charge < -0.3 is 15.2 Å². The van der Waals surface area contributed by atoms with E-state index in [0.29, 0.717) is 17.0 Å². The van der Waals surface area contributed by atoms with Crippen molar-refractivity contribution in [2.75, 3.05) is 13.7 Å². The van der Waals surface area contributed by atoms with Crippen LogP contribution in [0.1, 0.15) is 23.0 Å². The average molecular weight is 241 g/mol. The second kappa shape index (κ2) is 5.44. The van der Waals surface area contributed by atoms with Crippen molar-refractivity contribution < 1.29 is 19.4 Å². The van der Waals surface area contributed by atoms with E-state index in [-0.39, 0.29) is 6.61 Å². The highest BCUT2D eigenvalue weighted by atomic mass is 16.5. The molecule has 7 nitrogen and oxygen atoms in total. The fourth-order valence-corrected chi connectivity index (χ4v) is 1.58. The minimum atomic E-state index is -1.14. The molecule has 1 amide bonds. The van der Waals surface area contributed by atoms with Crippen LogP contribution in [0.2, 0.25) is 0 Å². The molecular formula is C10H15N3O4. The SMILES string of the molecule is COCC(=O)NC(C(=O)O)c1c(C)n[nH]c1C. The average Bonchev–Trinajstić information content (AvgIpc) is 2.56. The zero-order valence-corrected chi connectivity index (χ0v) is 9.90. The molecule has 1 aromatic rings. The number of carbonyl (C=O) groups excluding carboxylic acids is 1. The van der Waals surface area contributed by atoms with Crippen LogP contribution in [0.15, 0.2) is 0 Å². The predicted octanol–water partition coefficient (Wildman–Crippen LogP) is -0.0852. The van der Waals surface area contributed by atoms with Crippen molar-refractivity contribution in [3.8, 4) is 0 Å². The molecule has 0 spiro atoms. The van der Waals surface area contributed by atoms with Crippen molar-refractivity contribution >= 4 is 11.9 Å². The Morgan fingerprint density at radius 1 is 1.53 bits per heavy atom. The topological polar surface area (TPSA) is 104 Å². The lowest BCUT2D eigenvalue weighted by Gasteiger charge is -2.14. The van der Waals surface area contributed by atoms with Crippen molar-refractivity contribution in [3.63, 3.8) is 0 Å². The van der Waals surface area contributed by atoms with Crippen LogP contribution < -0.4 is 5.32 Å². The summed E-state index contributed by atoms with van der Waals surface area (Å²) in [5.41, 5.74) is 1.64. The van der Waals surface area contributed by atoms with E-state index in [4.69, 9.17) is 5.11 Å². The fourth-order valence-electron chi connectivity index (χ4n) is 1.58. The molecule has 17 heavy (non-hydrogen) atoms. The van der Waals surface area contributed by atoms with Crippen LogP contribution in [0, 0.1) is 13.8 Å². The Bertz CT molecular complexity index is 408. The molecule has 0 saturated heterocycles. The Morgan fingerprint density at radius 3 is 2.59 bits per heavy atom. The van der Waals surface area contributed by atoms with Gasteiger partial charge in [0.15, 0.2) is 6.04 Å². The van der Waals surface area contributed by atoms with Crippen molar-refractivity contribution in [1.29, 1.82) is 0 Å². The van der Waals surface area contributed by atoms with Gasteiger partial charge in [0.1, 0.15) is 6.61 Å². The van der Waals surface area contributed by atoms with E-state index in [2.05, 4.69) is 20.3 Å². The normalized spacial score (nSPS) is 12.2. The molecule has 94 valence electrons. The molecule has 0 aliphatic carbocycles. The van der Waals surface area contributed by atoms with Gasteiger partial charge in [0.05, 0.1) is 5.69 Å². The molecule has 0 fully saturated rings. The summed E-state index contributed by atoms with van der Waals surface area (Å²) in [6.07, 6.45) is 0. The predicted molar refractivity (Wildman–Crippen MR) is 58.5 cm³/mol. The number of nitrogens with one attached hydrogen (secondary N) is 2. The number of hydrogen-bond acceptors (Lipinski definition) is 4. The van der Waals surface area contributed by atoms with Crippen LogP contribution in [0.3, 0.4) is 0 Å². The summed E-state index contributed by atoms with van der Waals surface area (Å²) in [6.45, 7) is 3.20. The van der Waals surface area contributed by atoms with Crippen LogP contribution in [0.25, 0.3) is 0 Å². The number of aromatic amines is 1. The third kappa shape index (κ3) is 3.04. The Hall–Kier alpha value is -1.89. The summed E-state index contributed by atoms with van der Waals surface area (Å²) >= 11 is 0. The van der Waals surface area contributed by atoms with Crippen LogP contribution in [-0.2, 0) is 14.3 Å². The lowest BCUT2D eigenvalue weighted by atomic mass is 10.1. The first-order chi connectivity index (χ1) is 7.97. The van der Waals surface area contributed by atoms with Crippen LogP contribution in [-0.4, -0.2) is 40.9 Å². The zero-order valence-electron chi connectivity index (χ0n) is 9.90. The van der Waals surface area contributed by atoms with Gasteiger partial charge in [-0.05, 0) is 13.8 Å². The number of amides is 1. The fraction of sp³-hybridized carbons (Fsp3) is 0.500. The highest BCUT2D eigenvalue weighted by molar-refractivity contribution is 5.85. The lowest BCUT2D eigenvalue weighted by molar-refractivity contribution is -0.142. The maximum Gasteiger partial charge on any atom is 0.331 e. The molecular weight excluding hydrogens is 226 g/mol. The minimum absolute atomic E-state index is 0.181. The summed E-state index contributed by atoms with van der Waals surface area (Å²) in [6, 6.07) is -1.11. The number of hydrogen-bond donors (Lipinski definition) is 3. The minimum Gasteiger partial charge on any atom is -0.479 e. The summed E-state index contributed by atoms with van der Waals surface area (Å²) in [4.78, 5) is 22.5. The highest BCUT2D eigenvalue weighted by Gasteiger charge is 2.26. The van der Waals surface area contributed by atoms with Crippen LogP contribution >= 0.6 is 0 Å². The quantitative estimate of drug-likeness (QED) is 0.668. The highest BCUT2D eigenvalue weighted by Crippen LogP contribution is 2.19. The van der Waals surface area contributed by atoms with Gasteiger partial charge in [-0.1, -0.05) is 0 Å². The number of nitrogens with zero attached hydrogens (tertiary/aromatic N) is 1. The second-order valence-corrected chi connectivity index (χ2v) is 3.62. The number of aliphatic carboxylic acids is 1. The molecule has 1 rings (SSSR count). The van der Waals surface area contributed by atoms with Crippen molar-refractivity contribution in [1.82, 2.24) is 15.5 Å². The third-order valence-electron chi connectivity index (χ3n) is 2.30. The number of methoxy groups -OCH3 is 1. The van der Waals surface area contributed by atoms with Crippen molar-refractivity contribution in [2.45, 2.75) is 19.9 Å². The molecule has 0 aliphatic rings. The number of aromatic nitrogens is 2. The van der Waals surface area contributed by atoms with Gasteiger partial charge in [-0.3, -0.25) is 9.89 Å². The molecule has 0 radical (unpaired) electrons. The first-order valence-electron chi connectivity index (χ1n) is 5.00. The number of H-pyrrole nitrogens is 1. The molecule has 1 atom stereocenters. The molecule has 1 aromatic heterocycles. The number of carbonyl (C=O) groups is 2. The van der Waals surface area contributed by atoms with E-state index in [1.54, 1.807) is 13.8 Å². The largest absolute Gasteiger partial charge is 0.479 e. The van der Waals surface area contributed by atoms with Gasteiger partial charge in [-0.2, -0.15) is 5.10 Å². The van der Waals surface area contributed by atoms with E-state index in [9.17, 15) is 9.59 Å². The Balaban J connectivity index is 2.94. The first-order valence-corrected chi connectivity index (χ1v) is 5.00.